The molecular weight excluding hydrogens is 801 g/mol. The summed E-state index contributed by atoms with van der Waals surface area (Å²) in [6, 6.07) is 21.2. The largest absolute Gasteiger partial charge is 0.494 e. The molecule has 0 aliphatic carbocycles. The van der Waals surface area contributed by atoms with Gasteiger partial charge in [-0.25, -0.2) is 0 Å². The number of fused-ring (bicyclic) bond motifs is 8. The van der Waals surface area contributed by atoms with E-state index in [0.29, 0.717) is 66.2 Å². The van der Waals surface area contributed by atoms with Crippen molar-refractivity contribution in [1.29, 1.82) is 0 Å². The third-order valence-corrected chi connectivity index (χ3v) is 13.8. The quantitative estimate of drug-likeness (QED) is 0.110. The lowest BCUT2D eigenvalue weighted by molar-refractivity contribution is 0.0794. The van der Waals surface area contributed by atoms with E-state index in [2.05, 4.69) is 65.2 Å². The van der Waals surface area contributed by atoms with E-state index in [1.807, 2.05) is 70.2 Å². The van der Waals surface area contributed by atoms with Gasteiger partial charge in [-0.05, 0) is 90.3 Å². The molecule has 8 rings (SSSR count). The SMILES string of the molecule is COc1cc2c(cc1OCC(C)(C)CC(C)(C)COc1cc3c(cc1OC)C(=O)N1c4ccc(OCCCC(C)(C)SC)cc4C[C@H]1CN3)N=C[C@@H]1Cc3ccccc3N1C2=O. The van der Waals surface area contributed by atoms with Crippen molar-refractivity contribution in [3.05, 3.63) is 89.0 Å². The van der Waals surface area contributed by atoms with Gasteiger partial charge in [0.1, 0.15) is 5.75 Å². The van der Waals surface area contributed by atoms with Crippen LogP contribution in [0.5, 0.6) is 28.7 Å². The van der Waals surface area contributed by atoms with Gasteiger partial charge in [-0.1, -0.05) is 59.7 Å². The van der Waals surface area contributed by atoms with Crippen molar-refractivity contribution in [2.75, 3.05) is 62.0 Å². The fourth-order valence-corrected chi connectivity index (χ4v) is 9.81. The molecule has 62 heavy (non-hydrogen) atoms. The molecule has 2 amide bonds. The van der Waals surface area contributed by atoms with Crippen molar-refractivity contribution in [3.63, 3.8) is 0 Å². The Bertz CT molecular complexity index is 2390. The Morgan fingerprint density at radius 2 is 1.40 bits per heavy atom. The molecule has 4 aliphatic rings. The highest BCUT2D eigenvalue weighted by Crippen LogP contribution is 2.45. The molecule has 0 saturated carbocycles. The molecule has 4 aromatic carbocycles. The second-order valence-electron chi connectivity index (χ2n) is 19.1. The van der Waals surface area contributed by atoms with E-state index in [4.69, 9.17) is 28.7 Å². The van der Waals surface area contributed by atoms with Crippen LogP contribution in [-0.2, 0) is 12.8 Å². The number of nitrogens with zero attached hydrogens (tertiary/aromatic N) is 3. The molecule has 0 saturated heterocycles. The number of carbonyl (C=O) groups excluding carboxylic acids is 2. The van der Waals surface area contributed by atoms with Gasteiger partial charge in [0.15, 0.2) is 23.0 Å². The Hall–Kier alpha value is -5.36. The predicted octanol–water partition coefficient (Wildman–Crippen LogP) is 10.2. The molecule has 0 unspecified atom stereocenters. The first kappa shape index (κ1) is 43.3. The van der Waals surface area contributed by atoms with Crippen molar-refractivity contribution in [2.45, 2.75) is 90.5 Å². The number of hydrogen-bond acceptors (Lipinski definition) is 10. The zero-order valence-electron chi connectivity index (χ0n) is 37.6. The zero-order chi connectivity index (χ0) is 44.0. The van der Waals surface area contributed by atoms with E-state index in [9.17, 15) is 9.59 Å². The topological polar surface area (TPSA) is 111 Å². The summed E-state index contributed by atoms with van der Waals surface area (Å²) in [5, 5.41) is 3.56. The van der Waals surface area contributed by atoms with Crippen LogP contribution in [0.1, 0.15) is 92.6 Å². The van der Waals surface area contributed by atoms with E-state index >= 15 is 0 Å². The molecule has 4 heterocycles. The van der Waals surface area contributed by atoms with Crippen LogP contribution in [0.15, 0.2) is 71.7 Å². The first-order valence-corrected chi connectivity index (χ1v) is 22.9. The highest BCUT2D eigenvalue weighted by atomic mass is 32.2. The molecule has 4 aromatic rings. The number of ether oxygens (including phenoxy) is 5. The Kier molecular flexibility index (Phi) is 11.9. The van der Waals surface area contributed by atoms with Crippen molar-refractivity contribution >= 4 is 52.5 Å². The number of carbonyl (C=O) groups is 2. The number of rotatable bonds is 16. The normalized spacial score (nSPS) is 17.8. The number of para-hydroxylation sites is 1. The van der Waals surface area contributed by atoms with Crippen molar-refractivity contribution in [3.8, 4) is 28.7 Å². The van der Waals surface area contributed by atoms with Gasteiger partial charge in [0, 0.05) is 47.4 Å². The maximum absolute atomic E-state index is 14.3. The van der Waals surface area contributed by atoms with Crippen LogP contribution in [0, 0.1) is 10.8 Å². The van der Waals surface area contributed by atoms with Gasteiger partial charge in [0.25, 0.3) is 11.8 Å². The number of hydrogen-bond donors (Lipinski definition) is 1. The van der Waals surface area contributed by atoms with Crippen molar-refractivity contribution in [2.24, 2.45) is 15.8 Å². The summed E-state index contributed by atoms with van der Waals surface area (Å²) in [7, 11) is 3.19. The van der Waals surface area contributed by atoms with Crippen LogP contribution in [0.4, 0.5) is 22.7 Å². The third kappa shape index (κ3) is 8.80. The molecule has 12 heteroatoms. The van der Waals surface area contributed by atoms with Crippen LogP contribution in [0.2, 0.25) is 0 Å². The van der Waals surface area contributed by atoms with Crippen molar-refractivity contribution < 1.29 is 33.3 Å². The number of amides is 2. The average molecular weight is 861 g/mol. The smallest absolute Gasteiger partial charge is 0.261 e. The Morgan fingerprint density at radius 3 is 2.11 bits per heavy atom. The van der Waals surface area contributed by atoms with Gasteiger partial charge in [-0.3, -0.25) is 19.5 Å². The van der Waals surface area contributed by atoms with Gasteiger partial charge in [-0.15, -0.1) is 0 Å². The molecule has 0 fully saturated rings. The van der Waals surface area contributed by atoms with Gasteiger partial charge in [0.2, 0.25) is 0 Å². The molecule has 1 N–H and O–H groups in total. The molecule has 0 radical (unpaired) electrons. The standard InChI is InChI=1S/C50H60N4O7S/c1-48(2,29-60-44-24-38-36(22-42(44)57-7)46(55)53-33(26-51-38)19-31-13-10-11-14-40(31)53)28-49(3,4)30-61-45-25-39-37(23-43(45)58-8)47(56)54-34(27-52-39)20-32-21-35(15-16-41(32)54)59-18-12-17-50(5,6)62-9/h10-11,13-16,21-26,33-34,52H,12,17-20,27-30H2,1-9H3/t33-,34-/m0/s1. The summed E-state index contributed by atoms with van der Waals surface area (Å²) < 4.78 is 31.0. The van der Waals surface area contributed by atoms with E-state index in [-0.39, 0.29) is 39.5 Å². The molecule has 0 aromatic heterocycles. The molecule has 0 spiro atoms. The monoisotopic (exact) mass is 860 g/mol. The number of thioether (sulfide) groups is 1. The minimum absolute atomic E-state index is 0.0295. The fourth-order valence-electron chi connectivity index (χ4n) is 9.47. The minimum atomic E-state index is -0.275. The summed E-state index contributed by atoms with van der Waals surface area (Å²) >= 11 is 1.88. The predicted molar refractivity (Wildman–Crippen MR) is 250 cm³/mol. The van der Waals surface area contributed by atoms with E-state index < -0.39 is 0 Å². The summed E-state index contributed by atoms with van der Waals surface area (Å²) in [6.07, 6.45) is 8.33. The first-order valence-electron chi connectivity index (χ1n) is 21.6. The number of anilines is 3. The van der Waals surface area contributed by atoms with Crippen LogP contribution >= 0.6 is 11.8 Å². The lowest BCUT2D eigenvalue weighted by Crippen LogP contribution is -2.39. The van der Waals surface area contributed by atoms with E-state index in [1.165, 1.54) is 0 Å². The second kappa shape index (κ2) is 17.1. The number of nitrogens with one attached hydrogen (secondary N) is 1. The van der Waals surface area contributed by atoms with Gasteiger partial charge in [0.05, 0.1) is 68.6 Å². The molecule has 11 nitrogen and oxygen atoms in total. The molecule has 328 valence electrons. The summed E-state index contributed by atoms with van der Waals surface area (Å²) in [5.41, 5.74) is 5.88. The summed E-state index contributed by atoms with van der Waals surface area (Å²) in [5.74, 6) is 2.78. The number of methoxy groups -OCH3 is 2. The fraction of sp³-hybridized carbons (Fsp3) is 0.460. The van der Waals surface area contributed by atoms with E-state index in [0.717, 1.165) is 66.0 Å². The lowest BCUT2D eigenvalue weighted by Gasteiger charge is -2.35. The first-order chi connectivity index (χ1) is 29.6. The Labute approximate surface area is 370 Å². The van der Waals surface area contributed by atoms with Gasteiger partial charge < -0.3 is 33.9 Å². The second-order valence-corrected chi connectivity index (χ2v) is 20.6. The van der Waals surface area contributed by atoms with Crippen LogP contribution in [0.25, 0.3) is 0 Å². The summed E-state index contributed by atoms with van der Waals surface area (Å²) in [4.78, 5) is 36.7. The highest BCUT2D eigenvalue weighted by Gasteiger charge is 2.40. The van der Waals surface area contributed by atoms with Crippen molar-refractivity contribution in [1.82, 2.24) is 0 Å². The van der Waals surface area contributed by atoms with Crippen LogP contribution < -0.4 is 38.8 Å². The highest BCUT2D eigenvalue weighted by molar-refractivity contribution is 7.99. The number of aliphatic imine (C=N–C) groups is 1. The average Bonchev–Trinajstić information content (AvgIpc) is 3.73. The Balaban J connectivity index is 0.903. The maximum atomic E-state index is 14.3. The Morgan fingerprint density at radius 1 is 0.742 bits per heavy atom. The number of benzene rings is 4. The molecule has 4 aliphatic heterocycles. The van der Waals surface area contributed by atoms with E-state index in [1.54, 1.807) is 26.4 Å². The van der Waals surface area contributed by atoms with Gasteiger partial charge in [-0.2, -0.15) is 11.8 Å². The van der Waals surface area contributed by atoms with Crippen LogP contribution in [0.3, 0.4) is 0 Å². The molecule has 0 bridgehead atoms. The molecular formula is C50H60N4O7S. The minimum Gasteiger partial charge on any atom is -0.494 e. The maximum Gasteiger partial charge on any atom is 0.261 e. The zero-order valence-corrected chi connectivity index (χ0v) is 38.4. The van der Waals surface area contributed by atoms with Crippen LogP contribution in [-0.4, -0.2) is 81.7 Å². The third-order valence-electron chi connectivity index (χ3n) is 12.5. The molecule has 2 atom stereocenters. The van der Waals surface area contributed by atoms with Gasteiger partial charge >= 0.3 is 0 Å². The summed E-state index contributed by atoms with van der Waals surface area (Å²) in [6.45, 7) is 15.3. The lowest BCUT2D eigenvalue weighted by atomic mass is 9.76.